The molecule has 0 radical (unpaired) electrons. The molecule has 1 unspecified atom stereocenters. The van der Waals surface area contributed by atoms with E-state index in [2.05, 4.69) is 17.1 Å². The molecular formula is C15H23N3O2. The normalized spacial score (nSPS) is 20.4. The van der Waals surface area contributed by atoms with Crippen molar-refractivity contribution in [2.24, 2.45) is 0 Å². The van der Waals surface area contributed by atoms with Crippen LogP contribution < -0.4 is 5.32 Å². The van der Waals surface area contributed by atoms with E-state index in [4.69, 9.17) is 0 Å². The standard InChI is InChI=1S/C15H23N3O2/c1-3-17-9-4-5-13(8-10-17)16-14-6-7-15(18(19)20)12(2)11-14/h6-7,11,13,16H,3-5,8-10H2,1-2H3. The Bertz CT molecular complexity index is 476. The second-order valence-corrected chi connectivity index (χ2v) is 5.46. The minimum atomic E-state index is -0.329. The molecule has 1 aromatic rings. The maximum Gasteiger partial charge on any atom is 0.272 e. The van der Waals surface area contributed by atoms with Crippen molar-refractivity contribution in [2.75, 3.05) is 25.0 Å². The van der Waals surface area contributed by atoms with Crippen LogP contribution in [0.2, 0.25) is 0 Å². The Balaban J connectivity index is 1.99. The first-order valence-electron chi connectivity index (χ1n) is 7.34. The SMILES string of the molecule is CCN1CCCC(Nc2ccc([N+](=O)[O-])c(C)c2)CC1. The minimum Gasteiger partial charge on any atom is -0.382 e. The highest BCUT2D eigenvalue weighted by molar-refractivity contribution is 5.54. The van der Waals surface area contributed by atoms with Crippen LogP contribution >= 0.6 is 0 Å². The van der Waals surface area contributed by atoms with Crippen molar-refractivity contribution in [3.05, 3.63) is 33.9 Å². The van der Waals surface area contributed by atoms with Crippen LogP contribution in [0.5, 0.6) is 0 Å². The summed E-state index contributed by atoms with van der Waals surface area (Å²) in [6.45, 7) is 7.40. The fourth-order valence-corrected chi connectivity index (χ4v) is 2.80. The number of likely N-dealkylation sites (tertiary alicyclic amines) is 1. The molecule has 1 aliphatic heterocycles. The number of hydrogen-bond acceptors (Lipinski definition) is 4. The van der Waals surface area contributed by atoms with Crippen molar-refractivity contribution in [3.8, 4) is 0 Å². The molecule has 110 valence electrons. The third-order valence-electron chi connectivity index (χ3n) is 4.03. The summed E-state index contributed by atoms with van der Waals surface area (Å²) in [5.41, 5.74) is 1.89. The van der Waals surface area contributed by atoms with Gasteiger partial charge >= 0.3 is 0 Å². The van der Waals surface area contributed by atoms with E-state index in [1.807, 2.05) is 12.1 Å². The Kier molecular flexibility index (Phi) is 4.95. The van der Waals surface area contributed by atoms with Crippen molar-refractivity contribution in [3.63, 3.8) is 0 Å². The van der Waals surface area contributed by atoms with E-state index >= 15 is 0 Å². The molecule has 1 atom stereocenters. The Hall–Kier alpha value is -1.62. The summed E-state index contributed by atoms with van der Waals surface area (Å²) in [7, 11) is 0. The summed E-state index contributed by atoms with van der Waals surface area (Å²) in [5, 5.41) is 14.3. The number of nitrogens with one attached hydrogen (secondary N) is 1. The molecule has 0 saturated carbocycles. The van der Waals surface area contributed by atoms with Crippen LogP contribution in [-0.4, -0.2) is 35.5 Å². The topological polar surface area (TPSA) is 58.4 Å². The number of nitro benzene ring substituents is 1. The molecule has 5 heteroatoms. The maximum absolute atomic E-state index is 10.8. The van der Waals surface area contributed by atoms with Gasteiger partial charge in [-0.3, -0.25) is 10.1 Å². The molecule has 1 saturated heterocycles. The van der Waals surface area contributed by atoms with Gasteiger partial charge < -0.3 is 10.2 Å². The van der Waals surface area contributed by atoms with E-state index in [0.29, 0.717) is 11.6 Å². The van der Waals surface area contributed by atoms with Crippen LogP contribution in [0.1, 0.15) is 31.7 Å². The van der Waals surface area contributed by atoms with Gasteiger partial charge in [0.15, 0.2) is 0 Å². The summed E-state index contributed by atoms with van der Waals surface area (Å²) >= 11 is 0. The first-order chi connectivity index (χ1) is 9.60. The van der Waals surface area contributed by atoms with Crippen molar-refractivity contribution < 1.29 is 4.92 Å². The molecule has 1 aliphatic rings. The summed E-state index contributed by atoms with van der Waals surface area (Å²) in [4.78, 5) is 13.0. The Morgan fingerprint density at radius 3 is 2.85 bits per heavy atom. The second-order valence-electron chi connectivity index (χ2n) is 5.46. The molecule has 0 spiro atoms. The zero-order valence-corrected chi connectivity index (χ0v) is 12.3. The molecule has 1 heterocycles. The average molecular weight is 277 g/mol. The first kappa shape index (κ1) is 14.8. The van der Waals surface area contributed by atoms with Gasteiger partial charge in [0.25, 0.3) is 5.69 Å². The van der Waals surface area contributed by atoms with Gasteiger partial charge in [-0.1, -0.05) is 6.92 Å². The molecule has 2 rings (SSSR count). The monoisotopic (exact) mass is 277 g/mol. The van der Waals surface area contributed by atoms with Crippen molar-refractivity contribution in [1.29, 1.82) is 0 Å². The fourth-order valence-electron chi connectivity index (χ4n) is 2.80. The molecule has 1 fully saturated rings. The molecule has 20 heavy (non-hydrogen) atoms. The number of hydrogen-bond donors (Lipinski definition) is 1. The summed E-state index contributed by atoms with van der Waals surface area (Å²) in [6.07, 6.45) is 3.49. The Morgan fingerprint density at radius 1 is 1.40 bits per heavy atom. The lowest BCUT2D eigenvalue weighted by molar-refractivity contribution is -0.385. The van der Waals surface area contributed by atoms with E-state index in [0.717, 1.165) is 31.6 Å². The quantitative estimate of drug-likeness (QED) is 0.678. The van der Waals surface area contributed by atoms with Crippen LogP contribution in [0.4, 0.5) is 11.4 Å². The van der Waals surface area contributed by atoms with Gasteiger partial charge in [0.1, 0.15) is 0 Å². The van der Waals surface area contributed by atoms with Crippen LogP contribution in [0.15, 0.2) is 18.2 Å². The van der Waals surface area contributed by atoms with Gasteiger partial charge in [-0.2, -0.15) is 0 Å². The number of aryl methyl sites for hydroxylation is 1. The van der Waals surface area contributed by atoms with E-state index < -0.39 is 0 Å². The van der Waals surface area contributed by atoms with Crippen molar-refractivity contribution in [1.82, 2.24) is 4.90 Å². The predicted octanol–water partition coefficient (Wildman–Crippen LogP) is 3.19. The molecule has 0 bridgehead atoms. The Labute approximate surface area is 120 Å². The molecule has 0 aliphatic carbocycles. The highest BCUT2D eigenvalue weighted by Crippen LogP contribution is 2.23. The predicted molar refractivity (Wildman–Crippen MR) is 81.2 cm³/mol. The average Bonchev–Trinajstić information content (AvgIpc) is 2.63. The van der Waals surface area contributed by atoms with Gasteiger partial charge in [0.2, 0.25) is 0 Å². The van der Waals surface area contributed by atoms with Gasteiger partial charge in [-0.05, 0) is 51.4 Å². The maximum atomic E-state index is 10.8. The van der Waals surface area contributed by atoms with Crippen molar-refractivity contribution in [2.45, 2.75) is 39.2 Å². The molecule has 5 nitrogen and oxygen atoms in total. The number of nitrogens with zero attached hydrogens (tertiary/aromatic N) is 2. The molecule has 1 N–H and O–H groups in total. The number of anilines is 1. The van der Waals surface area contributed by atoms with Gasteiger partial charge in [0.05, 0.1) is 4.92 Å². The van der Waals surface area contributed by atoms with Crippen molar-refractivity contribution >= 4 is 11.4 Å². The Morgan fingerprint density at radius 2 is 2.20 bits per heavy atom. The zero-order chi connectivity index (χ0) is 14.5. The summed E-state index contributed by atoms with van der Waals surface area (Å²) in [5.74, 6) is 0. The van der Waals surface area contributed by atoms with Crippen LogP contribution in [0.25, 0.3) is 0 Å². The largest absolute Gasteiger partial charge is 0.382 e. The second kappa shape index (κ2) is 6.70. The zero-order valence-electron chi connectivity index (χ0n) is 12.3. The summed E-state index contributed by atoms with van der Waals surface area (Å²) < 4.78 is 0. The fraction of sp³-hybridized carbons (Fsp3) is 0.600. The smallest absolute Gasteiger partial charge is 0.272 e. The third-order valence-corrected chi connectivity index (χ3v) is 4.03. The lowest BCUT2D eigenvalue weighted by Gasteiger charge is -2.19. The van der Waals surface area contributed by atoms with E-state index in [1.165, 1.54) is 13.0 Å². The minimum absolute atomic E-state index is 0.188. The number of rotatable bonds is 4. The molecular weight excluding hydrogens is 254 g/mol. The van der Waals surface area contributed by atoms with Crippen LogP contribution in [0, 0.1) is 17.0 Å². The van der Waals surface area contributed by atoms with E-state index in [1.54, 1.807) is 13.0 Å². The molecule has 1 aromatic carbocycles. The molecule has 0 amide bonds. The lowest BCUT2D eigenvalue weighted by Crippen LogP contribution is -2.26. The van der Waals surface area contributed by atoms with Crippen LogP contribution in [0.3, 0.4) is 0 Å². The van der Waals surface area contributed by atoms with Gasteiger partial charge in [0, 0.05) is 29.9 Å². The highest BCUT2D eigenvalue weighted by Gasteiger charge is 2.17. The first-order valence-corrected chi connectivity index (χ1v) is 7.34. The number of nitro groups is 1. The van der Waals surface area contributed by atoms with Crippen LogP contribution in [-0.2, 0) is 0 Å². The van der Waals surface area contributed by atoms with E-state index in [9.17, 15) is 10.1 Å². The third kappa shape index (κ3) is 3.70. The molecule has 0 aromatic heterocycles. The highest BCUT2D eigenvalue weighted by atomic mass is 16.6. The number of benzene rings is 1. The van der Waals surface area contributed by atoms with E-state index in [-0.39, 0.29) is 10.6 Å². The lowest BCUT2D eigenvalue weighted by atomic mass is 10.1. The van der Waals surface area contributed by atoms with Gasteiger partial charge in [-0.15, -0.1) is 0 Å². The van der Waals surface area contributed by atoms with Gasteiger partial charge in [-0.25, -0.2) is 0 Å². The summed E-state index contributed by atoms with van der Waals surface area (Å²) in [6, 6.07) is 5.74.